The molecule has 1 saturated carbocycles. The van der Waals surface area contributed by atoms with Gasteiger partial charge in [-0.2, -0.15) is 20.2 Å². The van der Waals surface area contributed by atoms with E-state index in [1.165, 1.54) is 6.07 Å². The molecule has 2 amide bonds. The summed E-state index contributed by atoms with van der Waals surface area (Å²) in [5.41, 5.74) is 7.34. The summed E-state index contributed by atoms with van der Waals surface area (Å²) in [7, 11) is 0. The highest BCUT2D eigenvalue weighted by Gasteiger charge is 2.44. The predicted molar refractivity (Wildman–Crippen MR) is 305 cm³/mol. The number of H-pyrrole nitrogens is 1. The minimum Gasteiger partial charge on any atom is -0.486 e. The zero-order valence-corrected chi connectivity index (χ0v) is 46.5. The molecule has 7 aromatic rings. The average molecular weight is 1140 g/mol. The number of carbonyl (C=O) groups is 2. The normalized spacial score (nSPS) is 21.7. The van der Waals surface area contributed by atoms with Crippen molar-refractivity contribution in [3.05, 3.63) is 123 Å². The number of benzene rings is 4. The van der Waals surface area contributed by atoms with Crippen LogP contribution in [-0.4, -0.2) is 128 Å². The molecule has 2 bridgehead atoms. The Hall–Kier alpha value is -7.03. The van der Waals surface area contributed by atoms with Crippen LogP contribution in [0.1, 0.15) is 99.0 Å². The van der Waals surface area contributed by atoms with Gasteiger partial charge in [-0.3, -0.25) is 19.7 Å². The molecule has 5 aliphatic heterocycles. The SMILES string of the molecule is CC(C)C(C(=O)N1CCCC1C(=O)NC(CO)c1ccc(-c2cccnc2Cl)cc1)N1CC(c2ccc(COc3c(-c4c(Cl)c(F)cc5[nH]ncc45)c(C4CC4)cc4c(N5CC6CC5CN6)nc(OC5CCOCC5)nc34)cc2)N=N1. The van der Waals surface area contributed by atoms with Crippen LogP contribution in [0.5, 0.6) is 11.8 Å². The van der Waals surface area contributed by atoms with Crippen molar-refractivity contribution in [1.82, 2.24) is 45.7 Å². The van der Waals surface area contributed by atoms with Gasteiger partial charge in [0.2, 0.25) is 11.8 Å². The molecule has 6 atom stereocenters. The molecule has 0 radical (unpaired) electrons. The van der Waals surface area contributed by atoms with E-state index in [1.807, 2.05) is 74.5 Å². The second kappa shape index (κ2) is 22.4. The minimum absolute atomic E-state index is 0.0271. The number of nitrogens with one attached hydrogen (secondary N) is 3. The van der Waals surface area contributed by atoms with Gasteiger partial charge in [0.15, 0.2) is 5.75 Å². The summed E-state index contributed by atoms with van der Waals surface area (Å²) >= 11 is 13.4. The van der Waals surface area contributed by atoms with E-state index in [2.05, 4.69) is 47.1 Å². The minimum atomic E-state index is -0.714. The average Bonchev–Trinajstić information content (AvgIpc) is 3.84. The number of nitrogens with zero attached hydrogens (tertiary/aromatic N) is 9. The molecule has 1 aliphatic carbocycles. The maximum absolute atomic E-state index is 16.0. The fraction of sp³-hybridized carbons (Fsp3) is 0.433. The Morgan fingerprint density at radius 3 is 2.51 bits per heavy atom. The molecule has 13 rings (SSSR count). The molecule has 5 fully saturated rings. The van der Waals surface area contributed by atoms with Crippen molar-refractivity contribution in [1.29, 1.82) is 0 Å². The van der Waals surface area contributed by atoms with Crippen molar-refractivity contribution in [3.63, 3.8) is 0 Å². The van der Waals surface area contributed by atoms with E-state index in [-0.39, 0.29) is 66.1 Å². The van der Waals surface area contributed by atoms with Crippen LogP contribution in [0.4, 0.5) is 10.2 Å². The molecular formula is C60H63Cl2FN12O6. The monoisotopic (exact) mass is 1140 g/mol. The van der Waals surface area contributed by atoms with Crippen LogP contribution in [0.25, 0.3) is 44.1 Å². The number of aromatic amines is 1. The van der Waals surface area contributed by atoms with E-state index < -0.39 is 23.9 Å². The zero-order valence-electron chi connectivity index (χ0n) is 45.0. The summed E-state index contributed by atoms with van der Waals surface area (Å²) in [6, 6.07) is 21.1. The van der Waals surface area contributed by atoms with Crippen molar-refractivity contribution in [3.8, 4) is 34.0 Å². The molecule has 18 nitrogen and oxygen atoms in total. The van der Waals surface area contributed by atoms with Crippen LogP contribution in [0.2, 0.25) is 10.2 Å². The van der Waals surface area contributed by atoms with Crippen molar-refractivity contribution in [2.75, 3.05) is 50.9 Å². The Balaban J connectivity index is 0.753. The molecule has 6 aliphatic rings. The highest BCUT2D eigenvalue weighted by molar-refractivity contribution is 6.35. The zero-order chi connectivity index (χ0) is 55.5. The first-order valence-electron chi connectivity index (χ1n) is 28.2. The third-order valence-electron chi connectivity index (χ3n) is 17.0. The predicted octanol–water partition coefficient (Wildman–Crippen LogP) is 9.84. The van der Waals surface area contributed by atoms with Crippen molar-refractivity contribution in [2.45, 2.75) is 114 Å². The summed E-state index contributed by atoms with van der Waals surface area (Å²) in [6.45, 7) is 7.36. The number of halogens is 3. The van der Waals surface area contributed by atoms with Gasteiger partial charge in [-0.1, -0.05) is 90.8 Å². The number of aliphatic hydroxyl groups excluding tert-OH is 1. The summed E-state index contributed by atoms with van der Waals surface area (Å²) < 4.78 is 35.4. The first-order valence-corrected chi connectivity index (χ1v) is 29.0. The third-order valence-corrected chi connectivity index (χ3v) is 17.6. The standard InChI is InChI=1S/C60H63Cl2FN12O6/c1-32(2)54(59(78)73-20-4-6-49(73)58(77)67-48(30-76)37-15-13-34(14-16-37)41-5-3-19-64-56(41)62)75-29-47(71-72-75)36-9-7-33(8-10-36)31-80-55-51(50-44-27-66-70-46(44)25-45(63)52(50)61)42(35-11-12-35)24-43-53(55)68-60(81-40-17-21-79-22-18-40)69-57(43)74-28-38-23-39(74)26-65-38/h3,5,7-10,13-16,19,24-25,27,32,35,38-40,47-49,54,65,76H,4,6,11-12,17-18,20-23,26,28-31H2,1-2H3,(H,66,70)(H,67,77). The van der Waals surface area contributed by atoms with Crippen LogP contribution in [0, 0.1) is 11.7 Å². The van der Waals surface area contributed by atoms with Gasteiger partial charge in [-0.05, 0) is 90.0 Å². The van der Waals surface area contributed by atoms with Crippen LogP contribution >= 0.6 is 23.2 Å². The Bertz CT molecular complexity index is 3540. The third kappa shape index (κ3) is 10.4. The number of carbonyl (C=O) groups excluding carboxylic acids is 2. The lowest BCUT2D eigenvalue weighted by Crippen LogP contribution is -2.54. The quantitative estimate of drug-likeness (QED) is 0.0627. The van der Waals surface area contributed by atoms with E-state index in [0.717, 1.165) is 76.9 Å². The number of pyridine rings is 1. The van der Waals surface area contributed by atoms with Gasteiger partial charge in [0, 0.05) is 84.3 Å². The van der Waals surface area contributed by atoms with Gasteiger partial charge < -0.3 is 39.8 Å². The fourth-order valence-corrected chi connectivity index (χ4v) is 13.1. The van der Waals surface area contributed by atoms with Crippen LogP contribution in [-0.2, 0) is 20.9 Å². The lowest BCUT2D eigenvalue weighted by molar-refractivity contribution is -0.144. The highest BCUT2D eigenvalue weighted by Crippen LogP contribution is 2.54. The molecule has 4 aromatic carbocycles. The Morgan fingerprint density at radius 1 is 0.963 bits per heavy atom. The molecule has 0 spiro atoms. The fourth-order valence-electron chi connectivity index (χ4n) is 12.6. The lowest BCUT2D eigenvalue weighted by atomic mass is 9.91. The molecule has 4 N–H and O–H groups in total. The van der Waals surface area contributed by atoms with Crippen LogP contribution < -0.4 is 25.0 Å². The summed E-state index contributed by atoms with van der Waals surface area (Å²) in [5.74, 6) is 0.186. The molecule has 8 heterocycles. The van der Waals surface area contributed by atoms with Gasteiger partial charge in [-0.25, -0.2) is 9.37 Å². The number of hydrogen-bond donors (Lipinski definition) is 4. The van der Waals surface area contributed by atoms with E-state index in [9.17, 15) is 14.7 Å². The number of aliphatic hydroxyl groups is 1. The van der Waals surface area contributed by atoms with Gasteiger partial charge in [-0.15, -0.1) is 0 Å². The molecule has 420 valence electrons. The first-order chi connectivity index (χ1) is 39.5. The van der Waals surface area contributed by atoms with Crippen LogP contribution in [0.15, 0.2) is 95.5 Å². The number of aromatic nitrogens is 5. The molecule has 6 unspecified atom stereocenters. The van der Waals surface area contributed by atoms with Gasteiger partial charge in [0.05, 0.1) is 49.1 Å². The summed E-state index contributed by atoms with van der Waals surface area (Å²) in [6.07, 6.45) is 8.68. The van der Waals surface area contributed by atoms with Gasteiger partial charge in [0.25, 0.3) is 0 Å². The second-order valence-electron chi connectivity index (χ2n) is 22.6. The largest absolute Gasteiger partial charge is 0.486 e. The number of anilines is 1. The van der Waals surface area contributed by atoms with Crippen LogP contribution in [0.3, 0.4) is 0 Å². The topological polar surface area (TPSA) is 208 Å². The smallest absolute Gasteiger partial charge is 0.319 e. The lowest BCUT2D eigenvalue weighted by Gasteiger charge is -2.34. The Morgan fingerprint density at radius 2 is 1.78 bits per heavy atom. The van der Waals surface area contributed by atoms with Crippen molar-refractivity contribution < 1.29 is 33.3 Å². The number of amides is 2. The van der Waals surface area contributed by atoms with Gasteiger partial charge in [0.1, 0.15) is 53.1 Å². The first kappa shape index (κ1) is 53.3. The number of likely N-dealkylation sites (tertiary alicyclic amines) is 1. The van der Waals surface area contributed by atoms with E-state index in [1.54, 1.807) is 22.3 Å². The van der Waals surface area contributed by atoms with E-state index in [0.29, 0.717) is 96.5 Å². The number of piperazine rings is 1. The van der Waals surface area contributed by atoms with Crippen molar-refractivity contribution >= 4 is 62.6 Å². The maximum Gasteiger partial charge on any atom is 0.319 e. The number of rotatable bonds is 17. The van der Waals surface area contributed by atoms with E-state index in [4.69, 9.17) is 47.4 Å². The summed E-state index contributed by atoms with van der Waals surface area (Å²) in [5, 5.41) is 37.3. The Kier molecular flexibility index (Phi) is 14.7. The maximum atomic E-state index is 16.0. The second-order valence-corrected chi connectivity index (χ2v) is 23.3. The molecule has 4 saturated heterocycles. The van der Waals surface area contributed by atoms with Gasteiger partial charge >= 0.3 is 6.01 Å². The molecule has 21 heteroatoms. The van der Waals surface area contributed by atoms with Crippen molar-refractivity contribution in [2.24, 2.45) is 16.3 Å². The summed E-state index contributed by atoms with van der Waals surface area (Å²) in [4.78, 5) is 47.2. The highest BCUT2D eigenvalue weighted by atomic mass is 35.5. The molecular weight excluding hydrogens is 1070 g/mol. The molecule has 3 aromatic heterocycles. The number of hydrogen-bond acceptors (Lipinski definition) is 15. The Labute approximate surface area is 477 Å². The molecule has 81 heavy (non-hydrogen) atoms. The number of ether oxygens (including phenoxy) is 3. The number of fused-ring (bicyclic) bond motifs is 4. The van der Waals surface area contributed by atoms with E-state index >= 15 is 4.39 Å².